The second-order valence-electron chi connectivity index (χ2n) is 4.27. The highest BCUT2D eigenvalue weighted by atomic mass is 16.3. The second-order valence-corrected chi connectivity index (χ2v) is 4.27. The Labute approximate surface area is 103 Å². The van der Waals surface area contributed by atoms with Gasteiger partial charge in [0.05, 0.1) is 6.04 Å². The van der Waals surface area contributed by atoms with E-state index in [1.54, 1.807) is 12.1 Å². The van der Waals surface area contributed by atoms with Gasteiger partial charge in [0.15, 0.2) is 0 Å². The predicted molar refractivity (Wildman–Crippen MR) is 69.2 cm³/mol. The van der Waals surface area contributed by atoms with Crippen molar-refractivity contribution in [3.05, 3.63) is 29.8 Å². The van der Waals surface area contributed by atoms with Crippen molar-refractivity contribution in [3.63, 3.8) is 0 Å². The highest BCUT2D eigenvalue weighted by molar-refractivity contribution is 5.58. The maximum absolute atomic E-state index is 10.9. The molecule has 0 saturated heterocycles. The highest BCUT2D eigenvalue weighted by Gasteiger charge is 2.07. The van der Waals surface area contributed by atoms with Crippen molar-refractivity contribution in [1.82, 2.24) is 5.32 Å². The Morgan fingerprint density at radius 2 is 2.00 bits per heavy atom. The number of rotatable bonds is 8. The van der Waals surface area contributed by atoms with E-state index in [2.05, 4.69) is 12.2 Å². The number of unbranched alkanes of at least 4 members (excludes halogenated alkanes) is 2. The van der Waals surface area contributed by atoms with Crippen molar-refractivity contribution >= 4 is 6.29 Å². The third kappa shape index (κ3) is 5.50. The number of hydrogen-bond acceptors (Lipinski definition) is 3. The number of aldehydes is 1. The van der Waals surface area contributed by atoms with E-state index in [1.165, 1.54) is 12.8 Å². The molecule has 0 aliphatic carbocycles. The molecule has 17 heavy (non-hydrogen) atoms. The molecule has 0 saturated carbocycles. The number of phenols is 1. The molecule has 0 radical (unpaired) electrons. The van der Waals surface area contributed by atoms with Gasteiger partial charge in [0.2, 0.25) is 0 Å². The molecule has 3 nitrogen and oxygen atoms in total. The fourth-order valence-electron chi connectivity index (χ4n) is 1.72. The van der Waals surface area contributed by atoms with Crippen LogP contribution in [0.5, 0.6) is 5.75 Å². The summed E-state index contributed by atoms with van der Waals surface area (Å²) in [4.78, 5) is 10.9. The van der Waals surface area contributed by atoms with E-state index in [0.717, 1.165) is 24.8 Å². The Kier molecular flexibility index (Phi) is 6.33. The van der Waals surface area contributed by atoms with E-state index in [4.69, 9.17) is 5.11 Å². The van der Waals surface area contributed by atoms with Crippen LogP contribution in [0.4, 0.5) is 0 Å². The van der Waals surface area contributed by atoms with Gasteiger partial charge < -0.3 is 15.2 Å². The van der Waals surface area contributed by atoms with Gasteiger partial charge in [-0.15, -0.1) is 0 Å². The minimum absolute atomic E-state index is 0.128. The lowest BCUT2D eigenvalue weighted by atomic mass is 10.1. The first kappa shape index (κ1) is 13.7. The smallest absolute Gasteiger partial charge is 0.137 e. The van der Waals surface area contributed by atoms with Crippen LogP contribution in [0, 0.1) is 0 Å². The zero-order valence-electron chi connectivity index (χ0n) is 10.4. The first-order chi connectivity index (χ1) is 8.26. The minimum Gasteiger partial charge on any atom is -0.508 e. The molecule has 1 aromatic rings. The minimum atomic E-state index is -0.128. The Morgan fingerprint density at radius 1 is 1.29 bits per heavy atom. The van der Waals surface area contributed by atoms with E-state index in [1.807, 2.05) is 12.1 Å². The molecule has 0 aliphatic rings. The summed E-state index contributed by atoms with van der Waals surface area (Å²) >= 11 is 0. The van der Waals surface area contributed by atoms with Crippen LogP contribution in [0.15, 0.2) is 24.3 Å². The fraction of sp³-hybridized carbons (Fsp3) is 0.500. The number of benzene rings is 1. The van der Waals surface area contributed by atoms with Crippen LogP contribution in [0.1, 0.15) is 31.7 Å². The molecule has 1 atom stereocenters. The molecule has 0 aliphatic heterocycles. The lowest BCUT2D eigenvalue weighted by molar-refractivity contribution is -0.109. The van der Waals surface area contributed by atoms with E-state index < -0.39 is 0 Å². The number of carbonyl (C=O) groups excluding carboxylic acids is 1. The van der Waals surface area contributed by atoms with Crippen molar-refractivity contribution < 1.29 is 9.90 Å². The van der Waals surface area contributed by atoms with E-state index in [9.17, 15) is 4.79 Å². The molecule has 2 N–H and O–H groups in total. The zero-order valence-corrected chi connectivity index (χ0v) is 10.4. The van der Waals surface area contributed by atoms with Crippen LogP contribution in [0.3, 0.4) is 0 Å². The molecule has 0 amide bonds. The van der Waals surface area contributed by atoms with Crippen molar-refractivity contribution in [2.24, 2.45) is 0 Å². The Balaban J connectivity index is 2.35. The summed E-state index contributed by atoms with van der Waals surface area (Å²) in [6, 6.07) is 6.86. The van der Waals surface area contributed by atoms with Gasteiger partial charge in [0, 0.05) is 0 Å². The molecular weight excluding hydrogens is 214 g/mol. The van der Waals surface area contributed by atoms with Crippen LogP contribution in [0.2, 0.25) is 0 Å². The van der Waals surface area contributed by atoms with Crippen LogP contribution < -0.4 is 5.32 Å². The normalized spacial score (nSPS) is 12.3. The van der Waals surface area contributed by atoms with Gasteiger partial charge in [-0.1, -0.05) is 31.9 Å². The molecule has 1 rings (SSSR count). The van der Waals surface area contributed by atoms with Crippen molar-refractivity contribution in [3.8, 4) is 5.75 Å². The zero-order chi connectivity index (χ0) is 12.5. The van der Waals surface area contributed by atoms with Gasteiger partial charge in [-0.25, -0.2) is 0 Å². The van der Waals surface area contributed by atoms with Crippen LogP contribution in [0.25, 0.3) is 0 Å². The molecule has 0 unspecified atom stereocenters. The van der Waals surface area contributed by atoms with Crippen LogP contribution >= 0.6 is 0 Å². The summed E-state index contributed by atoms with van der Waals surface area (Å²) in [5.41, 5.74) is 1.06. The fourth-order valence-corrected chi connectivity index (χ4v) is 1.72. The van der Waals surface area contributed by atoms with Crippen LogP contribution in [-0.4, -0.2) is 24.0 Å². The van der Waals surface area contributed by atoms with Crippen molar-refractivity contribution in [1.29, 1.82) is 0 Å². The third-order valence-electron chi connectivity index (χ3n) is 2.74. The number of carbonyl (C=O) groups is 1. The lowest BCUT2D eigenvalue weighted by Gasteiger charge is -2.12. The molecule has 1 aromatic carbocycles. The van der Waals surface area contributed by atoms with Crippen LogP contribution in [-0.2, 0) is 11.2 Å². The summed E-state index contributed by atoms with van der Waals surface area (Å²) in [5.74, 6) is 0.257. The van der Waals surface area contributed by atoms with Crippen molar-refractivity contribution in [2.75, 3.05) is 6.54 Å². The van der Waals surface area contributed by atoms with Crippen molar-refractivity contribution in [2.45, 2.75) is 38.6 Å². The number of aromatic hydroxyl groups is 1. The van der Waals surface area contributed by atoms with Gasteiger partial charge in [-0.05, 0) is 37.1 Å². The summed E-state index contributed by atoms with van der Waals surface area (Å²) in [6.45, 7) is 3.04. The number of hydrogen-bond donors (Lipinski definition) is 2. The molecule has 0 aromatic heterocycles. The average molecular weight is 235 g/mol. The molecular formula is C14H21NO2. The summed E-state index contributed by atoms with van der Waals surface area (Å²) in [7, 11) is 0. The van der Waals surface area contributed by atoms with Gasteiger partial charge in [-0.3, -0.25) is 0 Å². The van der Waals surface area contributed by atoms with Gasteiger partial charge >= 0.3 is 0 Å². The Hall–Kier alpha value is -1.35. The van der Waals surface area contributed by atoms with Gasteiger partial charge in [0.25, 0.3) is 0 Å². The molecule has 0 spiro atoms. The summed E-state index contributed by atoms with van der Waals surface area (Å²) in [6.07, 6.45) is 5.12. The lowest BCUT2D eigenvalue weighted by Crippen LogP contribution is -2.33. The molecule has 0 fully saturated rings. The molecule has 94 valence electrons. The predicted octanol–water partition coefficient (Wildman–Crippen LogP) is 2.28. The molecule has 3 heteroatoms. The van der Waals surface area contributed by atoms with E-state index >= 15 is 0 Å². The quantitative estimate of drug-likeness (QED) is 0.537. The standard InChI is InChI=1S/C14H21NO2/c1-2-3-4-9-15-13(11-16)10-12-5-7-14(17)8-6-12/h5-8,11,13,15,17H,2-4,9-10H2,1H3/t13-/m0/s1. The average Bonchev–Trinajstić information content (AvgIpc) is 2.35. The monoisotopic (exact) mass is 235 g/mol. The Bertz CT molecular complexity index is 321. The first-order valence-electron chi connectivity index (χ1n) is 6.23. The summed E-state index contributed by atoms with van der Waals surface area (Å²) in [5, 5.41) is 12.4. The Morgan fingerprint density at radius 3 is 2.59 bits per heavy atom. The highest BCUT2D eigenvalue weighted by Crippen LogP contribution is 2.10. The second kappa shape index (κ2) is 7.85. The van der Waals surface area contributed by atoms with E-state index in [0.29, 0.717) is 6.42 Å². The molecule has 0 bridgehead atoms. The van der Waals surface area contributed by atoms with Gasteiger partial charge in [0.1, 0.15) is 12.0 Å². The topological polar surface area (TPSA) is 49.3 Å². The summed E-state index contributed by atoms with van der Waals surface area (Å²) < 4.78 is 0. The van der Waals surface area contributed by atoms with Gasteiger partial charge in [-0.2, -0.15) is 0 Å². The number of phenolic OH excluding ortho intramolecular Hbond substituents is 1. The maximum Gasteiger partial charge on any atom is 0.137 e. The maximum atomic E-state index is 10.9. The third-order valence-corrected chi connectivity index (χ3v) is 2.74. The largest absolute Gasteiger partial charge is 0.508 e. The van der Waals surface area contributed by atoms with E-state index in [-0.39, 0.29) is 11.8 Å². The molecule has 0 heterocycles. The number of nitrogens with one attached hydrogen (secondary N) is 1. The SMILES string of the molecule is CCCCCN[C@H](C=O)Cc1ccc(O)cc1. The first-order valence-corrected chi connectivity index (χ1v) is 6.23.